The minimum absolute atomic E-state index is 0.00595. The number of hydrogen-bond acceptors (Lipinski definition) is 4. The summed E-state index contributed by atoms with van der Waals surface area (Å²) < 4.78 is 26.4. The molecule has 1 N–H and O–H groups in total. The lowest BCUT2D eigenvalue weighted by atomic mass is 10.1. The number of anilines is 1. The fourth-order valence-electron chi connectivity index (χ4n) is 3.50. The summed E-state index contributed by atoms with van der Waals surface area (Å²) in [5.41, 5.74) is 2.68. The van der Waals surface area contributed by atoms with Gasteiger partial charge in [0, 0.05) is 22.6 Å². The number of carbonyl (C=O) groups is 2. The van der Waals surface area contributed by atoms with Gasteiger partial charge in [0.2, 0.25) is 21.8 Å². The Bertz CT molecular complexity index is 1170. The molecule has 2 aromatic rings. The molecule has 0 radical (unpaired) electrons. The van der Waals surface area contributed by atoms with E-state index in [1.807, 2.05) is 26.8 Å². The van der Waals surface area contributed by atoms with Crippen LogP contribution in [0.15, 0.2) is 36.4 Å². The number of hydrogen-bond donors (Lipinski definition) is 1. The van der Waals surface area contributed by atoms with Gasteiger partial charge in [-0.1, -0.05) is 47.0 Å². The first kappa shape index (κ1) is 28.0. The number of benzene rings is 2. The molecule has 2 rings (SSSR count). The molecule has 1 atom stereocenters. The van der Waals surface area contributed by atoms with Gasteiger partial charge >= 0.3 is 0 Å². The maximum Gasteiger partial charge on any atom is 0.244 e. The molecule has 34 heavy (non-hydrogen) atoms. The number of amides is 2. The van der Waals surface area contributed by atoms with Crippen LogP contribution in [-0.2, 0) is 26.2 Å². The second-order valence-electron chi connectivity index (χ2n) is 8.66. The normalized spacial score (nSPS) is 12.4. The van der Waals surface area contributed by atoms with E-state index < -0.39 is 28.5 Å². The molecule has 0 heterocycles. The van der Waals surface area contributed by atoms with E-state index in [1.54, 1.807) is 44.2 Å². The number of nitrogens with zero attached hydrogens (tertiary/aromatic N) is 2. The lowest BCUT2D eigenvalue weighted by Gasteiger charge is -2.32. The van der Waals surface area contributed by atoms with Crippen molar-refractivity contribution in [2.75, 3.05) is 17.1 Å². The van der Waals surface area contributed by atoms with Crippen molar-refractivity contribution in [1.29, 1.82) is 0 Å². The van der Waals surface area contributed by atoms with Crippen molar-refractivity contribution in [2.45, 2.75) is 53.2 Å². The summed E-state index contributed by atoms with van der Waals surface area (Å²) in [6.07, 6.45) is 1.05. The molecule has 0 saturated heterocycles. The fraction of sp³-hybridized carbons (Fsp3) is 0.417. The Kier molecular flexibility index (Phi) is 9.39. The van der Waals surface area contributed by atoms with Gasteiger partial charge in [0.25, 0.3) is 0 Å². The number of carbonyl (C=O) groups excluding carboxylic acids is 2. The Morgan fingerprint density at radius 1 is 1.03 bits per heavy atom. The minimum Gasteiger partial charge on any atom is -0.352 e. The van der Waals surface area contributed by atoms with Crippen LogP contribution in [0.1, 0.15) is 37.5 Å². The van der Waals surface area contributed by atoms with Gasteiger partial charge in [0.05, 0.1) is 11.9 Å². The lowest BCUT2D eigenvalue weighted by molar-refractivity contribution is -0.139. The van der Waals surface area contributed by atoms with Crippen molar-refractivity contribution in [2.24, 2.45) is 0 Å². The van der Waals surface area contributed by atoms with E-state index >= 15 is 0 Å². The van der Waals surface area contributed by atoms with E-state index in [0.29, 0.717) is 21.3 Å². The molecule has 0 bridgehead atoms. The van der Waals surface area contributed by atoms with Gasteiger partial charge in [-0.25, -0.2) is 8.42 Å². The standard InChI is InChI=1S/C24H31Cl2N3O4S/c1-15(2)27-24(31)18(5)28(13-19-8-9-20(25)12-21(19)26)23(30)14-29(34(6,32)33)22-10-7-16(3)11-17(22)4/h7-12,15,18H,13-14H2,1-6H3,(H,27,31)/t18-/m0/s1. The molecule has 0 aliphatic carbocycles. The summed E-state index contributed by atoms with van der Waals surface area (Å²) in [7, 11) is -3.79. The first-order chi connectivity index (χ1) is 15.7. The van der Waals surface area contributed by atoms with E-state index in [-0.39, 0.29) is 18.5 Å². The van der Waals surface area contributed by atoms with Crippen LogP contribution in [0.25, 0.3) is 0 Å². The van der Waals surface area contributed by atoms with E-state index in [2.05, 4.69) is 5.32 Å². The molecule has 0 saturated carbocycles. The zero-order valence-corrected chi connectivity index (χ0v) is 22.6. The third kappa shape index (κ3) is 7.35. The molecule has 0 aliphatic rings. The molecular weight excluding hydrogens is 497 g/mol. The van der Waals surface area contributed by atoms with Crippen LogP contribution in [0.4, 0.5) is 5.69 Å². The average Bonchev–Trinajstić information content (AvgIpc) is 2.70. The van der Waals surface area contributed by atoms with Crippen LogP contribution in [0.2, 0.25) is 10.0 Å². The smallest absolute Gasteiger partial charge is 0.244 e. The molecule has 10 heteroatoms. The van der Waals surface area contributed by atoms with Crippen LogP contribution in [0, 0.1) is 13.8 Å². The van der Waals surface area contributed by atoms with Gasteiger partial charge in [0.1, 0.15) is 12.6 Å². The molecule has 7 nitrogen and oxygen atoms in total. The number of halogens is 2. The second-order valence-corrected chi connectivity index (χ2v) is 11.4. The van der Waals surface area contributed by atoms with Crippen LogP contribution in [0.3, 0.4) is 0 Å². The van der Waals surface area contributed by atoms with Crippen LogP contribution in [-0.4, -0.2) is 50.0 Å². The van der Waals surface area contributed by atoms with E-state index in [4.69, 9.17) is 23.2 Å². The third-order valence-electron chi connectivity index (χ3n) is 5.25. The molecule has 0 unspecified atom stereocenters. The molecule has 0 aromatic heterocycles. The third-order valence-corrected chi connectivity index (χ3v) is 6.97. The lowest BCUT2D eigenvalue weighted by Crippen LogP contribution is -2.52. The highest BCUT2D eigenvalue weighted by Crippen LogP contribution is 2.26. The summed E-state index contributed by atoms with van der Waals surface area (Å²) in [5.74, 6) is -0.895. The Hall–Kier alpha value is -2.29. The molecule has 2 aromatic carbocycles. The number of sulfonamides is 1. The van der Waals surface area contributed by atoms with Gasteiger partial charge in [-0.3, -0.25) is 13.9 Å². The SMILES string of the molecule is Cc1ccc(N(CC(=O)N(Cc2ccc(Cl)cc2Cl)[C@@H](C)C(=O)NC(C)C)S(C)(=O)=O)c(C)c1. The van der Waals surface area contributed by atoms with Crippen molar-refractivity contribution in [3.05, 3.63) is 63.1 Å². The van der Waals surface area contributed by atoms with Gasteiger partial charge in [-0.15, -0.1) is 0 Å². The number of rotatable bonds is 9. The summed E-state index contributed by atoms with van der Waals surface area (Å²) >= 11 is 12.3. The van der Waals surface area contributed by atoms with Gasteiger partial charge in [-0.2, -0.15) is 0 Å². The van der Waals surface area contributed by atoms with Crippen molar-refractivity contribution in [3.63, 3.8) is 0 Å². The van der Waals surface area contributed by atoms with Crippen LogP contribution < -0.4 is 9.62 Å². The van der Waals surface area contributed by atoms with Crippen molar-refractivity contribution >= 4 is 50.7 Å². The van der Waals surface area contributed by atoms with Crippen molar-refractivity contribution in [3.8, 4) is 0 Å². The highest BCUT2D eigenvalue weighted by molar-refractivity contribution is 7.92. The summed E-state index contributed by atoms with van der Waals surface area (Å²) in [4.78, 5) is 27.6. The Labute approximate surface area is 212 Å². The molecule has 2 amide bonds. The highest BCUT2D eigenvalue weighted by atomic mass is 35.5. The minimum atomic E-state index is -3.79. The second kappa shape index (κ2) is 11.4. The van der Waals surface area contributed by atoms with Crippen molar-refractivity contribution in [1.82, 2.24) is 10.2 Å². The van der Waals surface area contributed by atoms with Crippen molar-refractivity contribution < 1.29 is 18.0 Å². The molecule has 0 aliphatic heterocycles. The highest BCUT2D eigenvalue weighted by Gasteiger charge is 2.31. The van der Waals surface area contributed by atoms with Gasteiger partial charge in [-0.05, 0) is 63.9 Å². The van der Waals surface area contributed by atoms with Crippen LogP contribution in [0.5, 0.6) is 0 Å². The quantitative estimate of drug-likeness (QED) is 0.526. The van der Waals surface area contributed by atoms with Gasteiger partial charge in [0.15, 0.2) is 0 Å². The monoisotopic (exact) mass is 527 g/mol. The largest absolute Gasteiger partial charge is 0.352 e. The Morgan fingerprint density at radius 3 is 2.21 bits per heavy atom. The Balaban J connectivity index is 2.46. The van der Waals surface area contributed by atoms with Crippen LogP contribution >= 0.6 is 23.2 Å². The van der Waals surface area contributed by atoms with E-state index in [9.17, 15) is 18.0 Å². The Morgan fingerprint density at radius 2 is 1.68 bits per heavy atom. The molecule has 0 fully saturated rings. The molecular formula is C24H31Cl2N3O4S. The summed E-state index contributed by atoms with van der Waals surface area (Å²) in [6, 6.07) is 9.18. The maximum absolute atomic E-state index is 13.5. The molecule has 186 valence electrons. The summed E-state index contributed by atoms with van der Waals surface area (Å²) in [5, 5.41) is 3.58. The fourth-order valence-corrected chi connectivity index (χ4v) is 4.88. The zero-order valence-electron chi connectivity index (χ0n) is 20.2. The predicted molar refractivity (Wildman–Crippen MR) is 138 cm³/mol. The number of nitrogens with one attached hydrogen (secondary N) is 1. The first-order valence-electron chi connectivity index (χ1n) is 10.8. The van der Waals surface area contributed by atoms with E-state index in [0.717, 1.165) is 21.7 Å². The first-order valence-corrected chi connectivity index (χ1v) is 13.4. The molecule has 0 spiro atoms. The average molecular weight is 529 g/mol. The number of aryl methyl sites for hydroxylation is 2. The van der Waals surface area contributed by atoms with E-state index in [1.165, 1.54) is 4.90 Å². The summed E-state index contributed by atoms with van der Waals surface area (Å²) in [6.45, 7) is 8.46. The topological polar surface area (TPSA) is 86.8 Å². The zero-order chi connectivity index (χ0) is 25.8. The van der Waals surface area contributed by atoms with Gasteiger partial charge < -0.3 is 10.2 Å². The predicted octanol–water partition coefficient (Wildman–Crippen LogP) is 4.32. The maximum atomic E-state index is 13.5.